The van der Waals surface area contributed by atoms with Crippen molar-refractivity contribution in [3.63, 3.8) is 0 Å². The molecular weight excluding hydrogens is 470 g/mol. The summed E-state index contributed by atoms with van der Waals surface area (Å²) >= 11 is 2.68. The second-order valence-electron chi connectivity index (χ2n) is 7.97. The molecule has 0 fully saturated rings. The Kier molecular flexibility index (Phi) is 5.66. The fourth-order valence-corrected chi connectivity index (χ4v) is 5.74. The molecule has 0 saturated heterocycles. The van der Waals surface area contributed by atoms with Gasteiger partial charge in [-0.05, 0) is 42.5 Å². The molecule has 0 spiro atoms. The quantitative estimate of drug-likeness (QED) is 0.220. The van der Waals surface area contributed by atoms with E-state index in [1.165, 1.54) is 23.1 Å². The molecule has 35 heavy (non-hydrogen) atoms. The van der Waals surface area contributed by atoms with Crippen molar-refractivity contribution in [2.45, 2.75) is 0 Å². The van der Waals surface area contributed by atoms with Crippen molar-refractivity contribution >= 4 is 57.4 Å². The summed E-state index contributed by atoms with van der Waals surface area (Å²) in [7, 11) is 0. The molecule has 0 unspecified atom stereocenters. The molecular formula is C29H19N3OS2. The van der Waals surface area contributed by atoms with Crippen LogP contribution in [0.15, 0.2) is 109 Å². The predicted molar refractivity (Wildman–Crippen MR) is 146 cm³/mol. The maximum absolute atomic E-state index is 11.2. The second-order valence-corrected chi connectivity index (χ2v) is 9.61. The van der Waals surface area contributed by atoms with Crippen LogP contribution in [0.3, 0.4) is 0 Å². The first-order valence-corrected chi connectivity index (χ1v) is 12.7. The van der Waals surface area contributed by atoms with E-state index in [9.17, 15) is 4.79 Å². The number of anilines is 3. The number of fused-ring (bicyclic) bond motifs is 1. The Hall–Kier alpha value is -4.13. The third kappa shape index (κ3) is 3.93. The van der Waals surface area contributed by atoms with Crippen LogP contribution in [-0.4, -0.2) is 15.0 Å². The van der Waals surface area contributed by atoms with Crippen molar-refractivity contribution in [3.05, 3.63) is 114 Å². The molecule has 6 heteroatoms. The monoisotopic (exact) mass is 489 g/mol. The lowest BCUT2D eigenvalue weighted by atomic mass is 9.98. The summed E-state index contributed by atoms with van der Waals surface area (Å²) < 4.78 is 9.34. The Labute approximate surface area is 211 Å². The first-order chi connectivity index (χ1) is 17.3. The first kappa shape index (κ1) is 21.4. The van der Waals surface area contributed by atoms with Crippen LogP contribution in [0.2, 0.25) is 0 Å². The molecule has 0 amide bonds. The highest BCUT2D eigenvalue weighted by atomic mass is 32.1. The van der Waals surface area contributed by atoms with Crippen LogP contribution in [0.25, 0.3) is 32.6 Å². The Morgan fingerprint density at radius 1 is 0.600 bits per heavy atom. The van der Waals surface area contributed by atoms with Gasteiger partial charge in [0, 0.05) is 32.9 Å². The van der Waals surface area contributed by atoms with Crippen molar-refractivity contribution in [2.24, 2.45) is 0 Å². The molecule has 6 aromatic rings. The van der Waals surface area contributed by atoms with Gasteiger partial charge in [0.2, 0.25) is 0 Å². The fourth-order valence-electron chi connectivity index (χ4n) is 4.32. The number of rotatable bonds is 6. The van der Waals surface area contributed by atoms with Gasteiger partial charge >= 0.3 is 0 Å². The molecule has 2 heterocycles. The SMILES string of the molecule is O=Cc1ccc(-c2ccc(-c3ccccc3N(c3ccccc3)c3ccccc3)c3nsnc23)s1. The van der Waals surface area contributed by atoms with Crippen LogP contribution >= 0.6 is 23.1 Å². The number of nitrogens with zero attached hydrogens (tertiary/aromatic N) is 3. The highest BCUT2D eigenvalue weighted by Gasteiger charge is 2.20. The third-order valence-electron chi connectivity index (χ3n) is 5.89. The zero-order valence-electron chi connectivity index (χ0n) is 18.5. The summed E-state index contributed by atoms with van der Waals surface area (Å²) in [5.74, 6) is 0. The van der Waals surface area contributed by atoms with E-state index in [-0.39, 0.29) is 0 Å². The van der Waals surface area contributed by atoms with Crippen LogP contribution in [0.1, 0.15) is 9.67 Å². The smallest absolute Gasteiger partial charge is 0.160 e. The molecule has 0 radical (unpaired) electrons. The van der Waals surface area contributed by atoms with Crippen molar-refractivity contribution in [1.82, 2.24) is 8.75 Å². The highest BCUT2D eigenvalue weighted by Crippen LogP contribution is 2.43. The van der Waals surface area contributed by atoms with Crippen molar-refractivity contribution in [3.8, 4) is 21.6 Å². The van der Waals surface area contributed by atoms with Crippen LogP contribution in [0, 0.1) is 0 Å². The van der Waals surface area contributed by atoms with Gasteiger partial charge in [-0.15, -0.1) is 11.3 Å². The topological polar surface area (TPSA) is 46.1 Å². The van der Waals surface area contributed by atoms with Crippen molar-refractivity contribution < 1.29 is 4.79 Å². The average Bonchev–Trinajstić information content (AvgIpc) is 3.60. The van der Waals surface area contributed by atoms with Gasteiger partial charge in [-0.3, -0.25) is 4.79 Å². The first-order valence-electron chi connectivity index (χ1n) is 11.1. The summed E-state index contributed by atoms with van der Waals surface area (Å²) in [6.07, 6.45) is 0.886. The minimum Gasteiger partial charge on any atom is -0.310 e. The number of hydrogen-bond acceptors (Lipinski definition) is 6. The van der Waals surface area contributed by atoms with Gasteiger partial charge in [-0.1, -0.05) is 66.7 Å². The molecule has 0 aliphatic heterocycles. The van der Waals surface area contributed by atoms with Crippen LogP contribution in [-0.2, 0) is 0 Å². The summed E-state index contributed by atoms with van der Waals surface area (Å²) in [6.45, 7) is 0. The number of aldehydes is 1. The molecule has 2 aromatic heterocycles. The molecule has 0 saturated carbocycles. The van der Waals surface area contributed by atoms with E-state index >= 15 is 0 Å². The number of benzene rings is 4. The Morgan fingerprint density at radius 2 is 1.20 bits per heavy atom. The molecule has 0 bridgehead atoms. The van der Waals surface area contributed by atoms with Crippen LogP contribution < -0.4 is 4.90 Å². The second kappa shape index (κ2) is 9.25. The predicted octanol–water partition coefficient (Wildman–Crippen LogP) is 8.37. The molecule has 168 valence electrons. The average molecular weight is 490 g/mol. The number of para-hydroxylation sites is 3. The van der Waals surface area contributed by atoms with Crippen molar-refractivity contribution in [2.75, 3.05) is 4.90 Å². The lowest BCUT2D eigenvalue weighted by molar-refractivity contribution is 0.112. The van der Waals surface area contributed by atoms with Gasteiger partial charge in [-0.25, -0.2) is 0 Å². The number of carbonyl (C=O) groups excluding carboxylic acids is 1. The summed E-state index contributed by atoms with van der Waals surface area (Å²) in [5.41, 5.74) is 8.03. The molecule has 6 rings (SSSR count). The van der Waals surface area contributed by atoms with E-state index in [1.54, 1.807) is 0 Å². The van der Waals surface area contributed by atoms with Gasteiger partial charge in [0.1, 0.15) is 11.0 Å². The number of hydrogen-bond donors (Lipinski definition) is 0. The molecule has 0 N–H and O–H groups in total. The normalized spacial score (nSPS) is 11.0. The van der Waals surface area contributed by atoms with Gasteiger partial charge in [0.15, 0.2) is 6.29 Å². The molecule has 4 nitrogen and oxygen atoms in total. The maximum Gasteiger partial charge on any atom is 0.160 e. The molecule has 0 aliphatic carbocycles. The summed E-state index contributed by atoms with van der Waals surface area (Å²) in [6, 6.07) is 37.2. The number of aromatic nitrogens is 2. The van der Waals surface area contributed by atoms with Gasteiger partial charge in [-0.2, -0.15) is 8.75 Å². The van der Waals surface area contributed by atoms with Crippen LogP contribution in [0.4, 0.5) is 17.1 Å². The lowest BCUT2D eigenvalue weighted by Crippen LogP contribution is -2.11. The largest absolute Gasteiger partial charge is 0.310 e. The Morgan fingerprint density at radius 3 is 1.86 bits per heavy atom. The maximum atomic E-state index is 11.2. The molecule has 4 aromatic carbocycles. The molecule has 0 aliphatic rings. The van der Waals surface area contributed by atoms with E-state index in [4.69, 9.17) is 4.37 Å². The van der Waals surface area contributed by atoms with Gasteiger partial charge < -0.3 is 4.90 Å². The minimum atomic E-state index is 0.701. The summed E-state index contributed by atoms with van der Waals surface area (Å²) in [4.78, 5) is 15.2. The minimum absolute atomic E-state index is 0.701. The van der Waals surface area contributed by atoms with E-state index in [1.807, 2.05) is 24.3 Å². The lowest BCUT2D eigenvalue weighted by Gasteiger charge is -2.27. The van der Waals surface area contributed by atoms with E-state index in [0.717, 1.165) is 55.9 Å². The highest BCUT2D eigenvalue weighted by molar-refractivity contribution is 7.17. The third-order valence-corrected chi connectivity index (χ3v) is 7.46. The molecule has 0 atom stereocenters. The zero-order valence-corrected chi connectivity index (χ0v) is 20.2. The van der Waals surface area contributed by atoms with Gasteiger partial charge in [0.05, 0.1) is 22.3 Å². The van der Waals surface area contributed by atoms with Crippen molar-refractivity contribution in [1.29, 1.82) is 0 Å². The van der Waals surface area contributed by atoms with E-state index < -0.39 is 0 Å². The Balaban J connectivity index is 1.55. The standard InChI is InChI=1S/C29H19N3OS2/c33-19-22-15-18-27(34-22)25-17-16-24(28-29(25)31-35-30-28)23-13-7-8-14-26(23)32(20-9-3-1-4-10-20)21-11-5-2-6-12-21/h1-19H. The number of carbonyl (C=O) groups is 1. The fraction of sp³-hybridized carbons (Fsp3) is 0. The summed E-state index contributed by atoms with van der Waals surface area (Å²) in [5, 5.41) is 0. The zero-order chi connectivity index (χ0) is 23.6. The Bertz CT molecular complexity index is 1580. The van der Waals surface area contributed by atoms with E-state index in [0.29, 0.717) is 4.88 Å². The van der Waals surface area contributed by atoms with E-state index in [2.05, 4.69) is 94.2 Å². The number of thiophene rings is 1. The van der Waals surface area contributed by atoms with Gasteiger partial charge in [0.25, 0.3) is 0 Å². The van der Waals surface area contributed by atoms with Crippen LogP contribution in [0.5, 0.6) is 0 Å².